The van der Waals surface area contributed by atoms with Crippen LogP contribution in [0.4, 0.5) is 5.69 Å². The van der Waals surface area contributed by atoms with Crippen LogP contribution in [0.5, 0.6) is 5.75 Å². The lowest BCUT2D eigenvalue weighted by atomic mass is 10.0. The highest BCUT2D eigenvalue weighted by Crippen LogP contribution is 2.26. The highest BCUT2D eigenvalue weighted by molar-refractivity contribution is 7.92. The molecule has 0 saturated carbocycles. The van der Waals surface area contributed by atoms with E-state index in [0.717, 1.165) is 15.4 Å². The van der Waals surface area contributed by atoms with Crippen LogP contribution < -0.4 is 14.4 Å². The molecule has 0 aromatic heterocycles. The van der Waals surface area contributed by atoms with Crippen LogP contribution in [0, 0.1) is 6.92 Å². The number of methoxy groups -OCH3 is 1. The Morgan fingerprint density at radius 1 is 1.00 bits per heavy atom. The standard InChI is InChI=1S/C25H27ClN2O4S/c1-4-24(19-7-5-18(2)6-8-19)27-25(29)17-28(21-11-9-20(26)10-12-21)33(30,31)23-15-13-22(32-3)14-16-23/h5-16,24H,4,17H2,1-3H3,(H,27,29). The summed E-state index contributed by atoms with van der Waals surface area (Å²) in [6, 6.07) is 20.1. The quantitative estimate of drug-likeness (QED) is 0.455. The topological polar surface area (TPSA) is 75.7 Å². The number of carbonyl (C=O) groups is 1. The van der Waals surface area contributed by atoms with E-state index in [1.54, 1.807) is 36.4 Å². The van der Waals surface area contributed by atoms with Crippen LogP contribution in [0.15, 0.2) is 77.7 Å². The molecule has 3 aromatic rings. The minimum Gasteiger partial charge on any atom is -0.497 e. The normalized spacial score (nSPS) is 12.1. The van der Waals surface area contributed by atoms with Crippen LogP contribution in [0.1, 0.15) is 30.5 Å². The molecule has 6 nitrogen and oxygen atoms in total. The third kappa shape index (κ3) is 6.06. The van der Waals surface area contributed by atoms with E-state index in [4.69, 9.17) is 16.3 Å². The molecule has 0 aliphatic heterocycles. The van der Waals surface area contributed by atoms with Crippen molar-refractivity contribution in [2.45, 2.75) is 31.2 Å². The van der Waals surface area contributed by atoms with E-state index in [1.165, 1.54) is 19.2 Å². The van der Waals surface area contributed by atoms with Gasteiger partial charge in [-0.25, -0.2) is 8.42 Å². The number of anilines is 1. The maximum absolute atomic E-state index is 13.5. The van der Waals surface area contributed by atoms with E-state index < -0.39 is 15.9 Å². The van der Waals surface area contributed by atoms with Gasteiger partial charge in [0.05, 0.1) is 23.7 Å². The number of ether oxygens (including phenoxy) is 1. The molecule has 3 rings (SSSR count). The summed E-state index contributed by atoms with van der Waals surface area (Å²) >= 11 is 5.99. The molecule has 0 spiro atoms. The van der Waals surface area contributed by atoms with Crippen molar-refractivity contribution < 1.29 is 17.9 Å². The van der Waals surface area contributed by atoms with Crippen molar-refractivity contribution in [3.8, 4) is 5.75 Å². The molecule has 1 amide bonds. The van der Waals surface area contributed by atoms with E-state index in [2.05, 4.69) is 5.32 Å². The van der Waals surface area contributed by atoms with Gasteiger partial charge in [0.2, 0.25) is 5.91 Å². The summed E-state index contributed by atoms with van der Waals surface area (Å²) < 4.78 is 33.2. The van der Waals surface area contributed by atoms with Gasteiger partial charge < -0.3 is 10.1 Å². The van der Waals surface area contributed by atoms with Crippen molar-refractivity contribution in [1.29, 1.82) is 0 Å². The summed E-state index contributed by atoms with van der Waals surface area (Å²) in [5.41, 5.74) is 2.43. The predicted molar refractivity (Wildman–Crippen MR) is 131 cm³/mol. The Balaban J connectivity index is 1.89. The molecule has 0 heterocycles. The van der Waals surface area contributed by atoms with Gasteiger partial charge in [0.15, 0.2) is 0 Å². The average Bonchev–Trinajstić information content (AvgIpc) is 2.82. The van der Waals surface area contributed by atoms with Gasteiger partial charge in [-0.15, -0.1) is 0 Å². The van der Waals surface area contributed by atoms with Gasteiger partial charge >= 0.3 is 0 Å². The minimum atomic E-state index is -4.03. The molecule has 8 heteroatoms. The SMILES string of the molecule is CCC(NC(=O)CN(c1ccc(Cl)cc1)S(=O)(=O)c1ccc(OC)cc1)c1ccc(C)cc1. The molecule has 0 aliphatic carbocycles. The Morgan fingerprint density at radius 2 is 1.61 bits per heavy atom. The van der Waals surface area contributed by atoms with Crippen molar-refractivity contribution in [2.75, 3.05) is 18.0 Å². The lowest BCUT2D eigenvalue weighted by Crippen LogP contribution is -2.42. The zero-order chi connectivity index (χ0) is 24.0. The predicted octanol–water partition coefficient (Wildman–Crippen LogP) is 5.12. The van der Waals surface area contributed by atoms with Crippen molar-refractivity contribution in [1.82, 2.24) is 5.32 Å². The number of benzene rings is 3. The van der Waals surface area contributed by atoms with Gasteiger partial charge in [0.1, 0.15) is 12.3 Å². The van der Waals surface area contributed by atoms with E-state index in [-0.39, 0.29) is 17.5 Å². The van der Waals surface area contributed by atoms with Crippen LogP contribution in [-0.4, -0.2) is 28.0 Å². The highest BCUT2D eigenvalue weighted by Gasteiger charge is 2.28. The number of sulfonamides is 1. The second kappa shape index (κ2) is 10.7. The number of carbonyl (C=O) groups excluding carboxylic acids is 1. The molecule has 3 aromatic carbocycles. The van der Waals surface area contributed by atoms with E-state index in [0.29, 0.717) is 22.9 Å². The Bertz CT molecular complexity index is 1180. The first-order chi connectivity index (χ1) is 15.7. The maximum atomic E-state index is 13.5. The number of hydrogen-bond donors (Lipinski definition) is 1. The first-order valence-corrected chi connectivity index (χ1v) is 12.3. The average molecular weight is 487 g/mol. The van der Waals surface area contributed by atoms with Crippen LogP contribution in [0.2, 0.25) is 5.02 Å². The fraction of sp³-hybridized carbons (Fsp3) is 0.240. The second-order valence-electron chi connectivity index (χ2n) is 7.60. The largest absolute Gasteiger partial charge is 0.497 e. The van der Waals surface area contributed by atoms with Crippen LogP contribution in [-0.2, 0) is 14.8 Å². The number of hydrogen-bond acceptors (Lipinski definition) is 4. The zero-order valence-electron chi connectivity index (χ0n) is 18.8. The fourth-order valence-corrected chi connectivity index (χ4v) is 4.93. The van der Waals surface area contributed by atoms with Crippen molar-refractivity contribution in [3.05, 3.63) is 88.9 Å². The monoisotopic (exact) mass is 486 g/mol. The Labute approximate surface area is 200 Å². The first-order valence-electron chi connectivity index (χ1n) is 10.5. The summed E-state index contributed by atoms with van der Waals surface area (Å²) in [7, 11) is -2.52. The van der Waals surface area contributed by atoms with Gasteiger partial charge in [-0.3, -0.25) is 9.10 Å². The van der Waals surface area contributed by atoms with Gasteiger partial charge in [-0.1, -0.05) is 48.4 Å². The van der Waals surface area contributed by atoms with Crippen LogP contribution >= 0.6 is 11.6 Å². The molecule has 1 N–H and O–H groups in total. The fourth-order valence-electron chi connectivity index (χ4n) is 3.39. The first kappa shape index (κ1) is 24.6. The Kier molecular flexibility index (Phi) is 8.00. The zero-order valence-corrected chi connectivity index (χ0v) is 20.4. The van der Waals surface area contributed by atoms with Gasteiger partial charge in [-0.2, -0.15) is 0 Å². The number of amides is 1. The van der Waals surface area contributed by atoms with Gasteiger partial charge in [0.25, 0.3) is 10.0 Å². The molecule has 0 radical (unpaired) electrons. The maximum Gasteiger partial charge on any atom is 0.264 e. The number of halogens is 1. The number of nitrogens with one attached hydrogen (secondary N) is 1. The summed E-state index contributed by atoms with van der Waals surface area (Å²) in [6.45, 7) is 3.59. The van der Waals surface area contributed by atoms with Crippen LogP contribution in [0.25, 0.3) is 0 Å². The van der Waals surface area contributed by atoms with Crippen molar-refractivity contribution >= 4 is 33.2 Å². The molecule has 0 bridgehead atoms. The minimum absolute atomic E-state index is 0.0524. The number of nitrogens with zero attached hydrogens (tertiary/aromatic N) is 1. The molecule has 1 unspecified atom stereocenters. The number of aryl methyl sites for hydroxylation is 1. The Morgan fingerprint density at radius 3 is 2.15 bits per heavy atom. The van der Waals surface area contributed by atoms with E-state index in [1.807, 2.05) is 38.1 Å². The summed E-state index contributed by atoms with van der Waals surface area (Å²) in [6.07, 6.45) is 0.668. The van der Waals surface area contributed by atoms with Gasteiger partial charge in [0, 0.05) is 5.02 Å². The van der Waals surface area contributed by atoms with Gasteiger partial charge in [-0.05, 0) is 67.4 Å². The molecule has 0 aliphatic rings. The molecular formula is C25H27ClN2O4S. The summed E-state index contributed by atoms with van der Waals surface area (Å²) in [5, 5.41) is 3.43. The highest BCUT2D eigenvalue weighted by atomic mass is 35.5. The molecule has 0 saturated heterocycles. The lowest BCUT2D eigenvalue weighted by molar-refractivity contribution is -0.120. The summed E-state index contributed by atoms with van der Waals surface area (Å²) in [5.74, 6) is 0.128. The third-order valence-electron chi connectivity index (χ3n) is 5.27. The van der Waals surface area contributed by atoms with E-state index >= 15 is 0 Å². The Hall–Kier alpha value is -3.03. The molecule has 1 atom stereocenters. The summed E-state index contributed by atoms with van der Waals surface area (Å²) in [4.78, 5) is 13.1. The third-order valence-corrected chi connectivity index (χ3v) is 7.31. The lowest BCUT2D eigenvalue weighted by Gasteiger charge is -2.26. The molecular weight excluding hydrogens is 460 g/mol. The molecule has 33 heavy (non-hydrogen) atoms. The van der Waals surface area contributed by atoms with Crippen molar-refractivity contribution in [3.63, 3.8) is 0 Å². The van der Waals surface area contributed by atoms with Crippen LogP contribution in [0.3, 0.4) is 0 Å². The van der Waals surface area contributed by atoms with E-state index in [9.17, 15) is 13.2 Å². The van der Waals surface area contributed by atoms with Crippen molar-refractivity contribution in [2.24, 2.45) is 0 Å². The number of rotatable bonds is 9. The second-order valence-corrected chi connectivity index (χ2v) is 9.90. The molecule has 0 fully saturated rings. The molecule has 174 valence electrons. The smallest absolute Gasteiger partial charge is 0.264 e.